The normalized spacial score (nSPS) is 36.8. The fraction of sp³-hybridized carbons (Fsp3) is 0. The number of hydrogen-bond acceptors (Lipinski definition) is 19. The summed E-state index contributed by atoms with van der Waals surface area (Å²) in [5, 5.41) is 0. The van der Waals surface area contributed by atoms with Crippen molar-refractivity contribution in [3.8, 4) is 0 Å². The van der Waals surface area contributed by atoms with Crippen LogP contribution >= 0.6 is 46.9 Å². The molecule has 2 saturated heterocycles. The molecule has 0 unspecified atom stereocenters. The Morgan fingerprint density at radius 3 is 0.444 bits per heavy atom. The molecule has 0 bridgehead atoms. The van der Waals surface area contributed by atoms with Crippen molar-refractivity contribution in [3.05, 3.63) is 0 Å². The Labute approximate surface area is 380 Å². The molecule has 2 rings (SSSR count). The van der Waals surface area contributed by atoms with E-state index in [1.165, 1.54) is 0 Å². The molecule has 2 fully saturated rings. The van der Waals surface area contributed by atoms with Crippen LogP contribution in [0.5, 0.6) is 0 Å². The standard InChI is InChI=1S/4K.Ni.2H3O9P3.7H2O/c;;;;;2*1-10(2)7-11(3,4)9-12(5,6)8-10;;;;;;;/h;;;;;2*(H,1,2)(H,3,4)(H,5,6);7*1H2/q4*+1;+2;;;;;;;;;/p-7. The molecule has 0 saturated carbocycles. The maximum atomic E-state index is 10.2. The van der Waals surface area contributed by atoms with Crippen molar-refractivity contribution in [1.82, 2.24) is 0 Å². The molecule has 0 aromatic carbocycles. The third-order valence-electron chi connectivity index (χ3n) is 1.20. The van der Waals surface area contributed by atoms with Gasteiger partial charge < -0.3 is 67.7 Å². The maximum absolute atomic E-state index is 10.2. The first-order valence-corrected chi connectivity index (χ1v) is 13.1. The van der Waals surface area contributed by atoms with E-state index < -0.39 is 46.9 Å². The number of phosphoric acid groups is 6. The summed E-state index contributed by atoms with van der Waals surface area (Å²) in [7, 11) is -32.1. The molecule has 36 heavy (non-hydrogen) atoms. The second-order valence-corrected chi connectivity index (χ2v) is 12.5. The van der Waals surface area contributed by atoms with Crippen molar-refractivity contribution in [2.75, 3.05) is 0 Å². The summed E-state index contributed by atoms with van der Waals surface area (Å²) in [6.45, 7) is 0. The van der Waals surface area contributed by atoms with Crippen molar-refractivity contribution in [1.29, 1.82) is 0 Å². The second kappa shape index (κ2) is 30.0. The van der Waals surface area contributed by atoms with Gasteiger partial charge in [0.15, 0.2) is 0 Å². The predicted octanol–water partition coefficient (Wildman–Crippen LogP) is -20.2. The molecule has 0 aliphatic carbocycles. The van der Waals surface area contributed by atoms with Crippen molar-refractivity contribution in [2.45, 2.75) is 0 Å². The van der Waals surface area contributed by atoms with Gasteiger partial charge in [-0.2, -0.15) is 0 Å². The zero-order valence-corrected chi connectivity index (χ0v) is 36.6. The van der Waals surface area contributed by atoms with E-state index in [2.05, 4.69) is 25.9 Å². The Balaban J connectivity index is -0.0000000240. The van der Waals surface area contributed by atoms with Crippen LogP contribution in [0.2, 0.25) is 0 Å². The molecule has 0 aromatic heterocycles. The van der Waals surface area contributed by atoms with Crippen molar-refractivity contribution < 1.29 is 343 Å². The molecule has 0 spiro atoms. The van der Waals surface area contributed by atoms with Crippen molar-refractivity contribution in [3.63, 3.8) is 0 Å². The third-order valence-corrected chi connectivity index (χ3v) is 10.8. The summed E-state index contributed by atoms with van der Waals surface area (Å²) < 4.78 is 80.5. The molecule has 0 aromatic rings. The van der Waals surface area contributed by atoms with E-state index in [0.717, 1.165) is 0 Å². The Kier molecular flexibility index (Phi) is 66.1. The van der Waals surface area contributed by atoms with Gasteiger partial charge in [-0.1, -0.05) is 0 Å². The molecule has 2 aliphatic rings. The van der Waals surface area contributed by atoms with Gasteiger partial charge in [-0.15, -0.1) is 0 Å². The van der Waals surface area contributed by atoms with Gasteiger partial charge in [0, 0.05) is 0 Å². The molecular weight excluding hydrogens is 801 g/mol. The second-order valence-electron chi connectivity index (χ2n) is 3.17. The van der Waals surface area contributed by atoms with E-state index in [1.807, 2.05) is 0 Å². The molecule has 13 N–H and O–H groups in total. The molecule has 25 nitrogen and oxygen atoms in total. The Hall–Kier alpha value is 7.66. The van der Waals surface area contributed by atoms with Crippen LogP contribution in [0.15, 0.2) is 0 Å². The zero-order valence-electron chi connectivity index (χ0n) is 17.8. The molecule has 208 valence electrons. The van der Waals surface area contributed by atoms with Gasteiger partial charge in [-0.25, -0.2) is 25.9 Å². The summed E-state index contributed by atoms with van der Waals surface area (Å²) in [6, 6.07) is 0. The first-order valence-electron chi connectivity index (χ1n) is 4.38. The topological polar surface area (TPSA) is 515 Å². The molecule has 2 aliphatic heterocycles. The van der Waals surface area contributed by atoms with Crippen LogP contribution < -0.4 is 235 Å². The van der Waals surface area contributed by atoms with Gasteiger partial charge in [0.05, 0.1) is 0 Å². The number of rotatable bonds is 0. The van der Waals surface area contributed by atoms with Crippen LogP contribution in [-0.2, 0) is 69.7 Å². The van der Waals surface area contributed by atoms with Crippen LogP contribution in [0.3, 0.4) is 0 Å². The van der Waals surface area contributed by atoms with Gasteiger partial charge in [-0.3, -0.25) is 27.4 Å². The molecule has 0 radical (unpaired) electrons. The van der Waals surface area contributed by atoms with Crippen LogP contribution in [0.4, 0.5) is 0 Å². The zero-order chi connectivity index (χ0) is 19.2. The molecule has 2 heterocycles. The van der Waals surface area contributed by atoms with Gasteiger partial charge in [0.1, 0.15) is 0 Å². The van der Waals surface area contributed by atoms with E-state index in [1.54, 1.807) is 0 Å². The summed E-state index contributed by atoms with van der Waals surface area (Å²) >= 11 is 0. The average Bonchev–Trinajstić information content (AvgIpc) is 1.97. The third kappa shape index (κ3) is 36.1. The van der Waals surface area contributed by atoms with Gasteiger partial charge in [0.2, 0.25) is 0 Å². The largest absolute Gasteiger partial charge is 2.00 e. The summed E-state index contributed by atoms with van der Waals surface area (Å²) in [6.07, 6.45) is 0. The molecule has 0 amide bonds. The summed E-state index contributed by atoms with van der Waals surface area (Å²) in [4.78, 5) is 61.4. The Bertz CT molecular complexity index is 602. The fourth-order valence-electron chi connectivity index (χ4n) is 0.824. The average molecular weight is 814 g/mol. The number of hydrogen-bond donors (Lipinski definition) is 0. The van der Waals surface area contributed by atoms with E-state index >= 15 is 0 Å². The fourth-order valence-corrected chi connectivity index (χ4v) is 9.03. The van der Waals surface area contributed by atoms with Crippen LogP contribution in [-0.4, -0.2) is 38.3 Å². The Morgan fingerprint density at radius 1 is 0.333 bits per heavy atom. The Morgan fingerprint density at radius 2 is 0.389 bits per heavy atom. The smallest absolute Gasteiger partial charge is 0.870 e. The van der Waals surface area contributed by atoms with E-state index in [4.69, 9.17) is 0 Å². The van der Waals surface area contributed by atoms with E-state index in [-0.39, 0.29) is 260 Å². The van der Waals surface area contributed by atoms with Crippen LogP contribution in [0.1, 0.15) is 0 Å². The minimum absolute atomic E-state index is 0. The van der Waals surface area contributed by atoms with Gasteiger partial charge in [0.25, 0.3) is 46.9 Å². The summed E-state index contributed by atoms with van der Waals surface area (Å²) in [5.41, 5.74) is 0. The minimum atomic E-state index is -5.36. The predicted molar refractivity (Wildman–Crippen MR) is 75.8 cm³/mol. The van der Waals surface area contributed by atoms with Crippen LogP contribution in [0, 0.1) is 0 Å². The van der Waals surface area contributed by atoms with Crippen molar-refractivity contribution >= 4 is 46.9 Å². The van der Waals surface area contributed by atoms with Gasteiger partial charge in [-0.05, 0) is 0 Å². The summed E-state index contributed by atoms with van der Waals surface area (Å²) in [5.74, 6) is 0. The first-order chi connectivity index (χ1) is 10.2. The quantitative estimate of drug-likeness (QED) is 0.162. The minimum Gasteiger partial charge on any atom is -0.870 e. The van der Waals surface area contributed by atoms with Gasteiger partial charge >= 0.3 is 222 Å². The van der Waals surface area contributed by atoms with E-state index in [0.29, 0.717) is 0 Å². The molecule has 0 atom stereocenters. The SMILES string of the molecule is O.O.O.O.O.O.O=P1([O-])OP(=O)([O-])OP(=O)([O-])O1.O=P1([O-])OP(=O)([O-])OP(=O)([O-])O1.[K+].[K+].[K+].[K+].[Ni+2].[OH-]. The monoisotopic (exact) mass is 813 g/mol. The van der Waals surface area contributed by atoms with Crippen LogP contribution in [0.25, 0.3) is 0 Å². The van der Waals surface area contributed by atoms with Crippen molar-refractivity contribution in [2.24, 2.45) is 0 Å². The molecular formula is H13K4NiO25P6-. The maximum Gasteiger partial charge on any atom is 2.00 e. The van der Waals surface area contributed by atoms with E-state index in [9.17, 15) is 56.8 Å². The first kappa shape index (κ1) is 79.3. The molecule has 36 heteroatoms.